The average Bonchev–Trinajstić information content (AvgIpc) is 2.73. The van der Waals surface area contributed by atoms with E-state index in [-0.39, 0.29) is 12.5 Å². The zero-order valence-electron chi connectivity index (χ0n) is 14.8. The molecule has 0 spiro atoms. The van der Waals surface area contributed by atoms with Crippen molar-refractivity contribution in [2.45, 2.75) is 6.61 Å². The molecule has 0 aliphatic heterocycles. The second-order valence-corrected chi connectivity index (χ2v) is 5.77. The zero-order chi connectivity index (χ0) is 19.1. The first kappa shape index (κ1) is 18.0. The molecule has 0 aliphatic rings. The molecule has 3 rings (SSSR count). The van der Waals surface area contributed by atoms with Crippen molar-refractivity contribution in [3.63, 3.8) is 0 Å². The topological polar surface area (TPSA) is 71.3 Å². The molecule has 0 saturated heterocycles. The van der Waals surface area contributed by atoms with Gasteiger partial charge in [0.15, 0.2) is 0 Å². The second kappa shape index (κ2) is 8.54. The van der Waals surface area contributed by atoms with Crippen LogP contribution in [-0.2, 0) is 6.61 Å². The van der Waals surface area contributed by atoms with E-state index in [2.05, 4.69) is 11.4 Å². The number of benzene rings is 3. The normalized spacial score (nSPS) is 9.93. The van der Waals surface area contributed by atoms with Crippen molar-refractivity contribution >= 4 is 11.6 Å². The molecule has 0 saturated carbocycles. The number of nitrogens with one attached hydrogen (secondary N) is 1. The molecular weight excluding hydrogens is 340 g/mol. The molecule has 27 heavy (non-hydrogen) atoms. The lowest BCUT2D eigenvalue weighted by molar-refractivity contribution is 0.102. The zero-order valence-corrected chi connectivity index (χ0v) is 14.8. The van der Waals surface area contributed by atoms with Crippen molar-refractivity contribution in [2.24, 2.45) is 0 Å². The van der Waals surface area contributed by atoms with E-state index in [1.807, 2.05) is 18.2 Å². The number of ether oxygens (including phenoxy) is 2. The SMILES string of the molecule is COc1ccc(NC(=O)c2cccc(OCc3ccccc3C#N)c2)cc1. The lowest BCUT2D eigenvalue weighted by Crippen LogP contribution is -2.12. The van der Waals surface area contributed by atoms with Crippen LogP contribution >= 0.6 is 0 Å². The fourth-order valence-electron chi connectivity index (χ4n) is 2.52. The van der Waals surface area contributed by atoms with E-state index in [4.69, 9.17) is 14.7 Å². The highest BCUT2D eigenvalue weighted by Gasteiger charge is 2.08. The number of anilines is 1. The van der Waals surface area contributed by atoms with Crippen molar-refractivity contribution in [1.82, 2.24) is 0 Å². The third-order valence-corrected chi connectivity index (χ3v) is 3.98. The maximum Gasteiger partial charge on any atom is 0.255 e. The van der Waals surface area contributed by atoms with Gasteiger partial charge in [-0.2, -0.15) is 5.26 Å². The molecule has 5 heteroatoms. The first-order valence-electron chi connectivity index (χ1n) is 8.36. The predicted octanol–water partition coefficient (Wildman–Crippen LogP) is 4.40. The van der Waals surface area contributed by atoms with Gasteiger partial charge in [-0.25, -0.2) is 0 Å². The van der Waals surface area contributed by atoms with Gasteiger partial charge in [0, 0.05) is 16.8 Å². The highest BCUT2D eigenvalue weighted by molar-refractivity contribution is 6.04. The Morgan fingerprint density at radius 3 is 2.52 bits per heavy atom. The van der Waals surface area contributed by atoms with Crippen LogP contribution in [0.1, 0.15) is 21.5 Å². The number of amides is 1. The Hall–Kier alpha value is -3.78. The van der Waals surface area contributed by atoms with Gasteiger partial charge in [0.1, 0.15) is 18.1 Å². The van der Waals surface area contributed by atoms with E-state index in [1.54, 1.807) is 61.7 Å². The number of carbonyl (C=O) groups is 1. The maximum atomic E-state index is 12.5. The first-order valence-corrected chi connectivity index (χ1v) is 8.36. The summed E-state index contributed by atoms with van der Waals surface area (Å²) in [6.07, 6.45) is 0. The van der Waals surface area contributed by atoms with Gasteiger partial charge in [-0.3, -0.25) is 4.79 Å². The molecule has 5 nitrogen and oxygen atoms in total. The minimum absolute atomic E-state index is 0.233. The van der Waals surface area contributed by atoms with Crippen LogP contribution in [0.3, 0.4) is 0 Å². The molecule has 3 aromatic carbocycles. The van der Waals surface area contributed by atoms with Crippen LogP contribution in [0.2, 0.25) is 0 Å². The number of nitriles is 1. The molecule has 3 aromatic rings. The third kappa shape index (κ3) is 4.65. The summed E-state index contributed by atoms with van der Waals surface area (Å²) in [5, 5.41) is 12.0. The van der Waals surface area contributed by atoms with Crippen molar-refractivity contribution in [1.29, 1.82) is 5.26 Å². The summed E-state index contributed by atoms with van der Waals surface area (Å²) < 4.78 is 10.9. The van der Waals surface area contributed by atoms with Crippen LogP contribution < -0.4 is 14.8 Å². The van der Waals surface area contributed by atoms with Crippen LogP contribution in [0, 0.1) is 11.3 Å². The molecule has 0 bridgehead atoms. The quantitative estimate of drug-likeness (QED) is 0.709. The Morgan fingerprint density at radius 2 is 1.78 bits per heavy atom. The van der Waals surface area contributed by atoms with Crippen molar-refractivity contribution in [2.75, 3.05) is 12.4 Å². The molecule has 0 fully saturated rings. The van der Waals surface area contributed by atoms with Gasteiger partial charge >= 0.3 is 0 Å². The van der Waals surface area contributed by atoms with E-state index in [0.717, 1.165) is 11.3 Å². The molecule has 1 N–H and O–H groups in total. The van der Waals surface area contributed by atoms with Crippen LogP contribution in [0.4, 0.5) is 5.69 Å². The van der Waals surface area contributed by atoms with Crippen LogP contribution in [0.5, 0.6) is 11.5 Å². The Morgan fingerprint density at radius 1 is 1.00 bits per heavy atom. The van der Waals surface area contributed by atoms with Gasteiger partial charge in [0.25, 0.3) is 5.91 Å². The van der Waals surface area contributed by atoms with Gasteiger partial charge in [0.2, 0.25) is 0 Å². The van der Waals surface area contributed by atoms with Crippen LogP contribution in [0.25, 0.3) is 0 Å². The van der Waals surface area contributed by atoms with Gasteiger partial charge < -0.3 is 14.8 Å². The van der Waals surface area contributed by atoms with E-state index in [9.17, 15) is 4.79 Å². The molecule has 0 aromatic heterocycles. The van der Waals surface area contributed by atoms with Crippen LogP contribution in [-0.4, -0.2) is 13.0 Å². The molecule has 0 aliphatic carbocycles. The number of rotatable bonds is 6. The highest BCUT2D eigenvalue weighted by Crippen LogP contribution is 2.19. The summed E-state index contributed by atoms with van der Waals surface area (Å²) in [7, 11) is 1.59. The van der Waals surface area contributed by atoms with Crippen LogP contribution in [0.15, 0.2) is 72.8 Å². The molecular formula is C22H18N2O3. The Labute approximate surface area is 157 Å². The predicted molar refractivity (Wildman–Crippen MR) is 103 cm³/mol. The highest BCUT2D eigenvalue weighted by atomic mass is 16.5. The first-order chi connectivity index (χ1) is 13.2. The Bertz CT molecular complexity index is 975. The molecule has 0 radical (unpaired) electrons. The summed E-state index contributed by atoms with van der Waals surface area (Å²) in [6.45, 7) is 0.257. The number of methoxy groups -OCH3 is 1. The lowest BCUT2D eigenvalue weighted by atomic mass is 10.1. The maximum absolute atomic E-state index is 12.5. The van der Waals surface area contributed by atoms with E-state index >= 15 is 0 Å². The number of hydrogen-bond acceptors (Lipinski definition) is 4. The number of nitrogens with zero attached hydrogens (tertiary/aromatic N) is 1. The summed E-state index contributed by atoms with van der Waals surface area (Å²) in [5.41, 5.74) is 2.53. The second-order valence-electron chi connectivity index (χ2n) is 5.77. The molecule has 1 amide bonds. The lowest BCUT2D eigenvalue weighted by Gasteiger charge is -2.10. The monoisotopic (exact) mass is 358 g/mol. The number of carbonyl (C=O) groups excluding carboxylic acids is 1. The Kier molecular flexibility index (Phi) is 5.70. The van der Waals surface area contributed by atoms with Crippen molar-refractivity contribution < 1.29 is 14.3 Å². The van der Waals surface area contributed by atoms with E-state index in [1.165, 1.54) is 0 Å². The van der Waals surface area contributed by atoms with Gasteiger partial charge in [-0.1, -0.05) is 24.3 Å². The van der Waals surface area contributed by atoms with E-state index in [0.29, 0.717) is 22.6 Å². The fourth-order valence-corrected chi connectivity index (χ4v) is 2.52. The fraction of sp³-hybridized carbons (Fsp3) is 0.0909. The molecule has 0 heterocycles. The standard InChI is InChI=1S/C22H18N2O3/c1-26-20-11-9-19(10-12-20)24-22(25)16-7-4-8-21(13-16)27-15-18-6-3-2-5-17(18)14-23/h2-13H,15H2,1H3,(H,24,25). The van der Waals surface area contributed by atoms with Crippen molar-refractivity contribution in [3.8, 4) is 17.6 Å². The van der Waals surface area contributed by atoms with E-state index < -0.39 is 0 Å². The van der Waals surface area contributed by atoms with Gasteiger partial charge in [-0.05, 0) is 48.5 Å². The largest absolute Gasteiger partial charge is 0.497 e. The molecule has 134 valence electrons. The summed E-state index contributed by atoms with van der Waals surface area (Å²) in [4.78, 5) is 12.5. The third-order valence-electron chi connectivity index (χ3n) is 3.98. The van der Waals surface area contributed by atoms with Crippen molar-refractivity contribution in [3.05, 3.63) is 89.5 Å². The minimum atomic E-state index is -0.233. The Balaban J connectivity index is 1.67. The number of hydrogen-bond donors (Lipinski definition) is 1. The minimum Gasteiger partial charge on any atom is -0.497 e. The molecule has 0 unspecified atom stereocenters. The smallest absolute Gasteiger partial charge is 0.255 e. The summed E-state index contributed by atoms with van der Waals surface area (Å²) in [5.74, 6) is 1.05. The summed E-state index contributed by atoms with van der Waals surface area (Å²) >= 11 is 0. The van der Waals surface area contributed by atoms with Gasteiger partial charge in [-0.15, -0.1) is 0 Å². The van der Waals surface area contributed by atoms with Gasteiger partial charge in [0.05, 0.1) is 18.7 Å². The molecule has 0 atom stereocenters. The average molecular weight is 358 g/mol. The summed E-state index contributed by atoms with van der Waals surface area (Å²) in [6, 6.07) is 23.4.